The van der Waals surface area contributed by atoms with Gasteiger partial charge >= 0.3 is 17.3 Å². The van der Waals surface area contributed by atoms with Crippen molar-refractivity contribution < 1.29 is 28.1 Å². The van der Waals surface area contributed by atoms with E-state index in [2.05, 4.69) is 5.32 Å². The van der Waals surface area contributed by atoms with Crippen LogP contribution < -0.4 is 27.2 Å². The lowest BCUT2D eigenvalue weighted by Gasteiger charge is -2.21. The molecule has 0 spiro atoms. The molecule has 0 radical (unpaired) electrons. The summed E-state index contributed by atoms with van der Waals surface area (Å²) in [4.78, 5) is 23.8. The minimum Gasteiger partial charge on any atom is -0.427 e. The van der Waals surface area contributed by atoms with Crippen LogP contribution in [0, 0.1) is 5.92 Å². The van der Waals surface area contributed by atoms with Crippen LogP contribution in [-0.2, 0) is 19.8 Å². The van der Waals surface area contributed by atoms with E-state index in [1.165, 1.54) is 6.92 Å². The van der Waals surface area contributed by atoms with Gasteiger partial charge in [-0.15, -0.1) is 0 Å². The first kappa shape index (κ1) is 23.8. The maximum Gasteiger partial charge on any atom is 0.451 e. The molecule has 0 aliphatic carbocycles. The Morgan fingerprint density at radius 3 is 2.44 bits per heavy atom. The Hall–Kier alpha value is -1.29. The summed E-state index contributed by atoms with van der Waals surface area (Å²) in [5.41, 5.74) is 16.8. The highest BCUT2D eigenvalue weighted by molar-refractivity contribution is 7.87. The van der Waals surface area contributed by atoms with Gasteiger partial charge in [0.2, 0.25) is 5.91 Å². The average Bonchev–Trinajstić information content (AvgIpc) is 2.93. The Balaban J connectivity index is 2.66. The van der Waals surface area contributed by atoms with Crippen LogP contribution in [0.5, 0.6) is 0 Å². The summed E-state index contributed by atoms with van der Waals surface area (Å²) >= 11 is 0. The Labute approximate surface area is 159 Å². The second-order valence-corrected chi connectivity index (χ2v) is 8.38. The Morgan fingerprint density at radius 2 is 1.93 bits per heavy atom. The van der Waals surface area contributed by atoms with Gasteiger partial charge in [0.25, 0.3) is 5.91 Å². The van der Waals surface area contributed by atoms with Gasteiger partial charge in [0.15, 0.2) is 0 Å². The highest BCUT2D eigenvalue weighted by Crippen LogP contribution is 2.23. The van der Waals surface area contributed by atoms with E-state index < -0.39 is 47.3 Å². The quantitative estimate of drug-likeness (QED) is 0.174. The number of nitrogens with two attached hydrogens (primary N) is 3. The minimum absolute atomic E-state index is 0.0223. The molecule has 1 aliphatic rings. The lowest BCUT2D eigenvalue weighted by Crippen LogP contribution is -2.56. The van der Waals surface area contributed by atoms with Crippen molar-refractivity contribution in [3.05, 3.63) is 0 Å². The molecule has 1 rings (SSSR count). The molecular weight excluding hydrogens is 379 g/mol. The van der Waals surface area contributed by atoms with Gasteiger partial charge in [0.1, 0.15) is 6.04 Å². The van der Waals surface area contributed by atoms with E-state index >= 15 is 0 Å². The van der Waals surface area contributed by atoms with Crippen molar-refractivity contribution in [2.45, 2.75) is 44.2 Å². The van der Waals surface area contributed by atoms with Crippen LogP contribution in [0.2, 0.25) is 6.32 Å². The van der Waals surface area contributed by atoms with Crippen molar-refractivity contribution in [3.63, 3.8) is 0 Å². The van der Waals surface area contributed by atoms with Gasteiger partial charge in [0.05, 0.1) is 6.04 Å². The van der Waals surface area contributed by atoms with Gasteiger partial charge in [-0.2, -0.15) is 12.7 Å². The van der Waals surface area contributed by atoms with Crippen LogP contribution in [0.15, 0.2) is 0 Å². The molecule has 10 N–H and O–H groups in total. The van der Waals surface area contributed by atoms with E-state index in [1.54, 1.807) is 0 Å². The summed E-state index contributed by atoms with van der Waals surface area (Å²) in [5.74, 6) is -1.77. The molecule has 1 aliphatic heterocycles. The topological polar surface area (TPSA) is 214 Å². The van der Waals surface area contributed by atoms with Crippen LogP contribution in [0.3, 0.4) is 0 Å². The molecule has 0 unspecified atom stereocenters. The molecule has 156 valence electrons. The van der Waals surface area contributed by atoms with Crippen molar-refractivity contribution in [2.24, 2.45) is 23.1 Å². The summed E-state index contributed by atoms with van der Waals surface area (Å²) in [7, 11) is -5.58. The number of nitrogens with one attached hydrogen (secondary N) is 2. The third kappa shape index (κ3) is 7.33. The molecule has 4 atom stereocenters. The van der Waals surface area contributed by atoms with Gasteiger partial charge in [0, 0.05) is 25.7 Å². The average molecular weight is 408 g/mol. The minimum atomic E-state index is -4.16. The maximum absolute atomic E-state index is 12.4. The first-order valence-corrected chi connectivity index (χ1v) is 10.1. The molecule has 27 heavy (non-hydrogen) atoms. The molecule has 14 heteroatoms. The molecule has 2 amide bonds. The highest BCUT2D eigenvalue weighted by Gasteiger charge is 2.38. The van der Waals surface area contributed by atoms with E-state index in [0.717, 1.165) is 4.31 Å². The molecule has 1 saturated heterocycles. The van der Waals surface area contributed by atoms with E-state index in [1.807, 2.05) is 4.72 Å². The molecule has 0 aromatic heterocycles. The van der Waals surface area contributed by atoms with Crippen LogP contribution in [-0.4, -0.2) is 79.5 Å². The van der Waals surface area contributed by atoms with Gasteiger partial charge in [-0.25, -0.2) is 4.72 Å². The maximum atomic E-state index is 12.4. The highest BCUT2D eigenvalue weighted by atomic mass is 32.2. The third-order valence-electron chi connectivity index (χ3n) is 4.35. The van der Waals surface area contributed by atoms with Crippen molar-refractivity contribution in [1.82, 2.24) is 14.3 Å². The Bertz CT molecular complexity index is 618. The van der Waals surface area contributed by atoms with E-state index in [4.69, 9.17) is 27.2 Å². The van der Waals surface area contributed by atoms with Crippen LogP contribution in [0.4, 0.5) is 0 Å². The molecule has 0 aromatic rings. The fourth-order valence-electron chi connectivity index (χ4n) is 2.72. The smallest absolute Gasteiger partial charge is 0.427 e. The fraction of sp³-hybridized carbons (Fsp3) is 0.846. The molecule has 0 aromatic carbocycles. The van der Waals surface area contributed by atoms with Gasteiger partial charge in [-0.05, 0) is 25.6 Å². The summed E-state index contributed by atoms with van der Waals surface area (Å²) in [5, 5.41) is 20.0. The second kappa shape index (κ2) is 10.3. The van der Waals surface area contributed by atoms with Crippen LogP contribution in [0.1, 0.15) is 19.8 Å². The number of nitrogens with zero attached hydrogens (tertiary/aromatic N) is 1. The SMILES string of the molecule is C[C@H](N)C(=O)N[C@@H](CN)C(=O)NS(=O)(=O)N1C[C@H](CCCB(O)O)[C@@H](N)C1. The molecule has 1 heterocycles. The number of amides is 2. The Morgan fingerprint density at radius 1 is 1.30 bits per heavy atom. The molecular formula is C13H29BN6O6S. The molecule has 0 saturated carbocycles. The number of hydrogen-bond donors (Lipinski definition) is 7. The summed E-state index contributed by atoms with van der Waals surface area (Å²) in [6, 6.07) is -2.55. The third-order valence-corrected chi connectivity index (χ3v) is 5.78. The first-order valence-electron chi connectivity index (χ1n) is 8.67. The molecule has 0 bridgehead atoms. The number of carbonyl (C=O) groups excluding carboxylic acids is 2. The van der Waals surface area contributed by atoms with E-state index in [0.29, 0.717) is 12.8 Å². The van der Waals surface area contributed by atoms with Crippen molar-refractivity contribution in [1.29, 1.82) is 0 Å². The molecule has 1 fully saturated rings. The van der Waals surface area contributed by atoms with E-state index in [-0.39, 0.29) is 31.9 Å². The number of carbonyl (C=O) groups is 2. The predicted octanol–water partition coefficient (Wildman–Crippen LogP) is -4.35. The second-order valence-electron chi connectivity index (χ2n) is 6.71. The lowest BCUT2D eigenvalue weighted by atomic mass is 9.82. The zero-order valence-corrected chi connectivity index (χ0v) is 16.1. The predicted molar refractivity (Wildman–Crippen MR) is 99.0 cm³/mol. The standard InChI is InChI=1S/C13H29BN6O6S/c1-8(16)12(21)18-11(5-15)13(22)19-27(25,26)20-6-9(10(17)7-20)3-2-4-14(23)24/h8-11,23-24H,2-7,15-17H2,1H3,(H,18,21)(H,19,22)/t8-,9-,10-,11-/m0/s1. The summed E-state index contributed by atoms with van der Waals surface area (Å²) in [6.07, 6.45) is 1.17. The fourth-order valence-corrected chi connectivity index (χ4v) is 4.00. The van der Waals surface area contributed by atoms with Gasteiger partial charge in [-0.1, -0.05) is 6.42 Å². The zero-order chi connectivity index (χ0) is 20.8. The summed E-state index contributed by atoms with van der Waals surface area (Å²) < 4.78 is 27.8. The van der Waals surface area contributed by atoms with Crippen molar-refractivity contribution >= 4 is 29.1 Å². The van der Waals surface area contributed by atoms with Gasteiger partial charge < -0.3 is 32.6 Å². The summed E-state index contributed by atoms with van der Waals surface area (Å²) in [6.45, 7) is 1.24. The number of hydrogen-bond acceptors (Lipinski definition) is 9. The van der Waals surface area contributed by atoms with Gasteiger partial charge in [-0.3, -0.25) is 9.59 Å². The number of rotatable bonds is 10. The first-order chi connectivity index (χ1) is 12.5. The molecule has 12 nitrogen and oxygen atoms in total. The zero-order valence-electron chi connectivity index (χ0n) is 15.2. The normalized spacial score (nSPS) is 22.9. The van der Waals surface area contributed by atoms with Crippen molar-refractivity contribution in [2.75, 3.05) is 19.6 Å². The Kier molecular flexibility index (Phi) is 9.07. The van der Waals surface area contributed by atoms with Crippen molar-refractivity contribution in [3.8, 4) is 0 Å². The van der Waals surface area contributed by atoms with E-state index in [9.17, 15) is 18.0 Å². The monoisotopic (exact) mass is 408 g/mol. The largest absolute Gasteiger partial charge is 0.451 e. The lowest BCUT2D eigenvalue weighted by molar-refractivity contribution is -0.128. The van der Waals surface area contributed by atoms with Crippen LogP contribution >= 0.6 is 0 Å². The van der Waals surface area contributed by atoms with Crippen LogP contribution in [0.25, 0.3) is 0 Å².